The quantitative estimate of drug-likeness (QED) is 0.664. The maximum atomic E-state index is 12.8. The lowest BCUT2D eigenvalue weighted by Crippen LogP contribution is -2.48. The summed E-state index contributed by atoms with van der Waals surface area (Å²) < 4.78 is 25.5. The first-order chi connectivity index (χ1) is 14.6. The Bertz CT molecular complexity index is 1160. The van der Waals surface area contributed by atoms with Gasteiger partial charge in [0.25, 0.3) is 17.4 Å². The van der Waals surface area contributed by atoms with E-state index < -0.39 is 21.5 Å². The molecule has 2 heterocycles. The number of aromatic nitrogens is 1. The molecular formula is C21H26N4O5S. The number of fused-ring (bicyclic) bond motifs is 1. The number of hydrogen-bond acceptors (Lipinski definition) is 5. The number of carbonyl (C=O) groups is 2. The van der Waals surface area contributed by atoms with Gasteiger partial charge in [-0.05, 0) is 24.6 Å². The number of aryl methyl sites for hydroxylation is 1. The van der Waals surface area contributed by atoms with Crippen LogP contribution < -0.4 is 10.9 Å². The van der Waals surface area contributed by atoms with E-state index in [0.29, 0.717) is 6.54 Å². The van der Waals surface area contributed by atoms with Gasteiger partial charge in [-0.25, -0.2) is 12.7 Å². The van der Waals surface area contributed by atoms with Gasteiger partial charge in [0.2, 0.25) is 10.0 Å². The Morgan fingerprint density at radius 3 is 2.42 bits per heavy atom. The molecule has 3 rings (SSSR count). The van der Waals surface area contributed by atoms with E-state index >= 15 is 0 Å². The van der Waals surface area contributed by atoms with Crippen LogP contribution in [0.4, 0.5) is 0 Å². The van der Waals surface area contributed by atoms with Crippen molar-refractivity contribution in [3.05, 3.63) is 69.1 Å². The third-order valence-corrected chi connectivity index (χ3v) is 6.66. The lowest BCUT2D eigenvalue weighted by Gasteiger charge is -2.30. The summed E-state index contributed by atoms with van der Waals surface area (Å²) in [6, 6.07) is 10.5. The monoisotopic (exact) mass is 446 g/mol. The minimum Gasteiger partial charge on any atom is -0.348 e. The van der Waals surface area contributed by atoms with Crippen LogP contribution in [0.3, 0.4) is 0 Å². The van der Waals surface area contributed by atoms with Crippen molar-refractivity contribution in [1.82, 2.24) is 19.1 Å². The zero-order chi connectivity index (χ0) is 22.8. The normalized spacial score (nSPS) is 13.9. The van der Waals surface area contributed by atoms with Crippen LogP contribution in [0.15, 0.2) is 41.2 Å². The number of nitrogens with zero attached hydrogens (tertiary/aromatic N) is 3. The summed E-state index contributed by atoms with van der Waals surface area (Å²) in [7, 11) is -1.89. The molecule has 0 fully saturated rings. The second-order valence-electron chi connectivity index (χ2n) is 7.63. The van der Waals surface area contributed by atoms with E-state index in [0.717, 1.165) is 17.4 Å². The van der Waals surface area contributed by atoms with Crippen LogP contribution in [-0.4, -0.2) is 66.9 Å². The zero-order valence-electron chi connectivity index (χ0n) is 17.8. The van der Waals surface area contributed by atoms with Crippen LogP contribution >= 0.6 is 0 Å². The molecule has 166 valence electrons. The molecule has 0 saturated carbocycles. The molecule has 1 aliphatic rings. The molecule has 0 radical (unpaired) electrons. The Balaban J connectivity index is 1.70. The summed E-state index contributed by atoms with van der Waals surface area (Å²) in [4.78, 5) is 39.6. The van der Waals surface area contributed by atoms with Crippen LogP contribution in [0.5, 0.6) is 0 Å². The van der Waals surface area contributed by atoms with Crippen molar-refractivity contribution in [2.24, 2.45) is 0 Å². The highest BCUT2D eigenvalue weighted by atomic mass is 32.2. The molecule has 31 heavy (non-hydrogen) atoms. The second kappa shape index (κ2) is 9.03. The van der Waals surface area contributed by atoms with Crippen LogP contribution in [0, 0.1) is 6.92 Å². The van der Waals surface area contributed by atoms with Gasteiger partial charge in [0, 0.05) is 39.8 Å². The molecule has 1 aliphatic heterocycles. The van der Waals surface area contributed by atoms with Crippen LogP contribution in [0.25, 0.3) is 0 Å². The Kier molecular flexibility index (Phi) is 6.61. The number of amides is 2. The van der Waals surface area contributed by atoms with Crippen molar-refractivity contribution in [3.8, 4) is 0 Å². The van der Waals surface area contributed by atoms with E-state index in [9.17, 15) is 22.8 Å². The molecule has 2 amide bonds. The summed E-state index contributed by atoms with van der Waals surface area (Å²) in [5, 5.41) is 2.74. The van der Waals surface area contributed by atoms with E-state index in [4.69, 9.17) is 0 Å². The molecule has 1 aromatic carbocycles. The van der Waals surface area contributed by atoms with Crippen molar-refractivity contribution < 1.29 is 18.0 Å². The molecule has 0 bridgehead atoms. The van der Waals surface area contributed by atoms with Gasteiger partial charge in [0.1, 0.15) is 11.3 Å². The lowest BCUT2D eigenvalue weighted by atomic mass is 10.1. The molecule has 0 saturated heterocycles. The second-order valence-corrected chi connectivity index (χ2v) is 9.72. The lowest BCUT2D eigenvalue weighted by molar-refractivity contribution is 0.0693. The number of pyridine rings is 1. The first-order valence-corrected chi connectivity index (χ1v) is 11.7. The SMILES string of the molecule is Cc1ccc(CNC(=O)c2ccc3n(c2=O)CCN(CCN(C)S(C)(=O)=O)C3=O)cc1. The van der Waals surface area contributed by atoms with E-state index in [2.05, 4.69) is 5.32 Å². The summed E-state index contributed by atoms with van der Waals surface area (Å²) in [5.41, 5.74) is 1.69. The maximum absolute atomic E-state index is 12.8. The smallest absolute Gasteiger partial charge is 0.270 e. The minimum atomic E-state index is -3.34. The predicted molar refractivity (Wildman–Crippen MR) is 116 cm³/mol. The van der Waals surface area contributed by atoms with E-state index in [1.165, 1.54) is 33.0 Å². The number of likely N-dealkylation sites (N-methyl/N-ethyl adjacent to an activating group) is 1. The Hall–Kier alpha value is -2.98. The van der Waals surface area contributed by atoms with Crippen molar-refractivity contribution in [3.63, 3.8) is 0 Å². The summed E-state index contributed by atoms with van der Waals surface area (Å²) in [6.07, 6.45) is 1.10. The van der Waals surface area contributed by atoms with Gasteiger partial charge in [-0.15, -0.1) is 0 Å². The van der Waals surface area contributed by atoms with Crippen LogP contribution in [0.2, 0.25) is 0 Å². The van der Waals surface area contributed by atoms with Gasteiger partial charge < -0.3 is 14.8 Å². The van der Waals surface area contributed by atoms with Crippen molar-refractivity contribution in [2.45, 2.75) is 20.0 Å². The highest BCUT2D eigenvalue weighted by molar-refractivity contribution is 7.88. The third-order valence-electron chi connectivity index (χ3n) is 5.34. The van der Waals surface area contributed by atoms with Crippen LogP contribution in [-0.2, 0) is 23.1 Å². The van der Waals surface area contributed by atoms with E-state index in [1.54, 1.807) is 0 Å². The number of benzene rings is 1. The molecule has 1 aromatic heterocycles. The van der Waals surface area contributed by atoms with Gasteiger partial charge in [-0.1, -0.05) is 29.8 Å². The fourth-order valence-corrected chi connectivity index (χ4v) is 3.68. The van der Waals surface area contributed by atoms with Crippen LogP contribution in [0.1, 0.15) is 32.0 Å². The first kappa shape index (κ1) is 22.7. The van der Waals surface area contributed by atoms with Crippen molar-refractivity contribution in [2.75, 3.05) is 32.9 Å². The molecule has 1 N–H and O–H groups in total. The molecule has 0 aliphatic carbocycles. The Labute approximate surface area is 181 Å². The predicted octanol–water partition coefficient (Wildman–Crippen LogP) is 0.434. The number of carbonyl (C=O) groups excluding carboxylic acids is 2. The summed E-state index contributed by atoms with van der Waals surface area (Å²) >= 11 is 0. The van der Waals surface area contributed by atoms with Crippen molar-refractivity contribution in [1.29, 1.82) is 0 Å². The van der Waals surface area contributed by atoms with Gasteiger partial charge in [0.15, 0.2) is 0 Å². The summed E-state index contributed by atoms with van der Waals surface area (Å²) in [6.45, 7) is 3.15. The van der Waals surface area contributed by atoms with E-state index in [-0.39, 0.29) is 43.3 Å². The van der Waals surface area contributed by atoms with Gasteiger partial charge in [0.05, 0.1) is 6.26 Å². The summed E-state index contributed by atoms with van der Waals surface area (Å²) in [5.74, 6) is -0.859. The minimum absolute atomic E-state index is 0.0195. The molecule has 0 atom stereocenters. The van der Waals surface area contributed by atoms with Gasteiger partial charge in [-0.3, -0.25) is 14.4 Å². The fourth-order valence-electron chi connectivity index (χ4n) is 3.27. The topological polar surface area (TPSA) is 109 Å². The number of sulfonamides is 1. The third kappa shape index (κ3) is 5.20. The van der Waals surface area contributed by atoms with E-state index in [1.807, 2.05) is 31.2 Å². The number of hydrogen-bond donors (Lipinski definition) is 1. The molecule has 10 heteroatoms. The Morgan fingerprint density at radius 2 is 1.77 bits per heavy atom. The van der Waals surface area contributed by atoms with Gasteiger partial charge in [-0.2, -0.15) is 0 Å². The molecular weight excluding hydrogens is 420 g/mol. The highest BCUT2D eigenvalue weighted by Gasteiger charge is 2.27. The molecule has 2 aromatic rings. The van der Waals surface area contributed by atoms with Gasteiger partial charge >= 0.3 is 0 Å². The molecule has 0 unspecified atom stereocenters. The molecule has 9 nitrogen and oxygen atoms in total. The highest BCUT2D eigenvalue weighted by Crippen LogP contribution is 2.12. The maximum Gasteiger partial charge on any atom is 0.270 e. The van der Waals surface area contributed by atoms with Crippen molar-refractivity contribution >= 4 is 21.8 Å². The largest absolute Gasteiger partial charge is 0.348 e. The average molecular weight is 447 g/mol. The molecule has 0 spiro atoms. The Morgan fingerprint density at radius 1 is 1.10 bits per heavy atom. The number of rotatable bonds is 7. The average Bonchev–Trinajstić information content (AvgIpc) is 2.72. The first-order valence-electron chi connectivity index (χ1n) is 9.86. The number of nitrogens with one attached hydrogen (secondary N) is 1. The zero-order valence-corrected chi connectivity index (χ0v) is 18.6. The fraction of sp³-hybridized carbons (Fsp3) is 0.381. The standard InChI is InChI=1S/C21H26N4O5S/c1-15-4-6-16(7-5-15)14-22-19(26)17-8-9-18-21(28)24(12-13-25(18)20(17)27)11-10-23(2)31(3,29)30/h4-9H,10-14H2,1-3H3,(H,22,26).